The summed E-state index contributed by atoms with van der Waals surface area (Å²) in [7, 11) is 0. The molecule has 0 radical (unpaired) electrons. The summed E-state index contributed by atoms with van der Waals surface area (Å²) in [5, 5.41) is 0. The Morgan fingerprint density at radius 2 is 1.58 bits per heavy atom. The van der Waals surface area contributed by atoms with Crippen molar-refractivity contribution in [1.82, 2.24) is 0 Å². The van der Waals surface area contributed by atoms with Crippen molar-refractivity contribution in [2.75, 3.05) is 0 Å². The van der Waals surface area contributed by atoms with E-state index in [1.54, 1.807) is 12.1 Å². The Balaban J connectivity index is 2.27. The molecule has 0 aromatic heterocycles. The van der Waals surface area contributed by atoms with Crippen LogP contribution in [-0.2, 0) is 13.0 Å². The first kappa shape index (κ1) is 13.5. The van der Waals surface area contributed by atoms with Gasteiger partial charge in [-0.3, -0.25) is 0 Å². The average molecular weight is 263 g/mol. The maximum Gasteiger partial charge on any atom is 0.198 e. The Morgan fingerprint density at radius 1 is 1.00 bits per heavy atom. The lowest BCUT2D eigenvalue weighted by molar-refractivity contribution is 0.406. The van der Waals surface area contributed by atoms with Gasteiger partial charge in [0.1, 0.15) is 5.75 Å². The molecule has 100 valence electrons. The zero-order valence-electron chi connectivity index (χ0n) is 10.6. The predicted molar refractivity (Wildman–Crippen MR) is 70.1 cm³/mol. The van der Waals surface area contributed by atoms with Gasteiger partial charge < -0.3 is 10.5 Å². The molecular formula is C15H15F2NO. The summed E-state index contributed by atoms with van der Waals surface area (Å²) in [6.45, 7) is 2.11. The van der Waals surface area contributed by atoms with Gasteiger partial charge in [-0.25, -0.2) is 8.78 Å². The summed E-state index contributed by atoms with van der Waals surface area (Å²) in [5.41, 5.74) is 6.87. The largest absolute Gasteiger partial charge is 0.451 e. The van der Waals surface area contributed by atoms with Crippen LogP contribution in [0.1, 0.15) is 18.1 Å². The van der Waals surface area contributed by atoms with E-state index in [1.165, 1.54) is 12.1 Å². The Bertz CT molecular complexity index is 544. The summed E-state index contributed by atoms with van der Waals surface area (Å²) in [4.78, 5) is 0. The fraction of sp³-hybridized carbons (Fsp3) is 0.200. The van der Waals surface area contributed by atoms with Gasteiger partial charge in [0.15, 0.2) is 17.4 Å². The first-order valence-corrected chi connectivity index (χ1v) is 6.08. The van der Waals surface area contributed by atoms with E-state index in [-0.39, 0.29) is 6.54 Å². The molecule has 0 bridgehead atoms. The number of hydrogen-bond donors (Lipinski definition) is 1. The monoisotopic (exact) mass is 263 g/mol. The van der Waals surface area contributed by atoms with Crippen molar-refractivity contribution in [2.45, 2.75) is 19.9 Å². The predicted octanol–water partition coefficient (Wildman–Crippen LogP) is 3.78. The number of ether oxygens (including phenoxy) is 1. The van der Waals surface area contributed by atoms with Crippen molar-refractivity contribution in [3.05, 3.63) is 59.2 Å². The standard InChI is InChI=1S/C15H15F2NO/c1-2-10-3-5-12(6-4-10)19-15-13(16)7-11(9-18)8-14(15)17/h3-8H,2,9,18H2,1H3. The molecule has 4 heteroatoms. The molecule has 0 amide bonds. The molecular weight excluding hydrogens is 248 g/mol. The van der Waals surface area contributed by atoms with Gasteiger partial charge in [0, 0.05) is 6.54 Å². The quantitative estimate of drug-likeness (QED) is 0.911. The molecule has 0 saturated heterocycles. The molecule has 2 aromatic carbocycles. The molecule has 19 heavy (non-hydrogen) atoms. The summed E-state index contributed by atoms with van der Waals surface area (Å²) >= 11 is 0. The molecule has 0 saturated carbocycles. The topological polar surface area (TPSA) is 35.2 Å². The lowest BCUT2D eigenvalue weighted by atomic mass is 10.1. The Morgan fingerprint density at radius 3 is 2.05 bits per heavy atom. The Labute approximate surface area is 110 Å². The van der Waals surface area contributed by atoms with Crippen LogP contribution in [0.15, 0.2) is 36.4 Å². The number of rotatable bonds is 4. The molecule has 0 unspecified atom stereocenters. The number of hydrogen-bond acceptors (Lipinski definition) is 2. The molecule has 2 rings (SSSR count). The van der Waals surface area contributed by atoms with E-state index in [0.717, 1.165) is 12.0 Å². The van der Waals surface area contributed by atoms with Crippen LogP contribution in [0.5, 0.6) is 11.5 Å². The number of aryl methyl sites for hydroxylation is 1. The SMILES string of the molecule is CCc1ccc(Oc2c(F)cc(CN)cc2F)cc1. The normalized spacial score (nSPS) is 10.5. The van der Waals surface area contributed by atoms with Crippen LogP contribution in [0, 0.1) is 11.6 Å². The number of benzene rings is 2. The fourth-order valence-electron chi connectivity index (χ4n) is 1.74. The highest BCUT2D eigenvalue weighted by Crippen LogP contribution is 2.28. The van der Waals surface area contributed by atoms with Gasteiger partial charge in [-0.2, -0.15) is 0 Å². The molecule has 0 spiro atoms. The second kappa shape index (κ2) is 5.80. The van der Waals surface area contributed by atoms with Crippen molar-refractivity contribution >= 4 is 0 Å². The molecule has 0 aliphatic rings. The van der Waals surface area contributed by atoms with E-state index in [9.17, 15) is 8.78 Å². The van der Waals surface area contributed by atoms with Crippen LogP contribution >= 0.6 is 0 Å². The van der Waals surface area contributed by atoms with Crippen LogP contribution < -0.4 is 10.5 Å². The van der Waals surface area contributed by atoms with E-state index in [4.69, 9.17) is 10.5 Å². The van der Waals surface area contributed by atoms with E-state index < -0.39 is 17.4 Å². The van der Waals surface area contributed by atoms with Crippen LogP contribution in [0.3, 0.4) is 0 Å². The zero-order chi connectivity index (χ0) is 13.8. The minimum absolute atomic E-state index is 0.0827. The van der Waals surface area contributed by atoms with Gasteiger partial charge >= 0.3 is 0 Å². The maximum absolute atomic E-state index is 13.7. The van der Waals surface area contributed by atoms with Crippen molar-refractivity contribution in [2.24, 2.45) is 5.73 Å². The molecule has 0 aliphatic heterocycles. The summed E-state index contributed by atoms with van der Waals surface area (Å²) in [6, 6.07) is 9.46. The van der Waals surface area contributed by atoms with Crippen LogP contribution in [-0.4, -0.2) is 0 Å². The summed E-state index contributed by atoms with van der Waals surface area (Å²) in [6.07, 6.45) is 0.897. The van der Waals surface area contributed by atoms with Crippen molar-refractivity contribution < 1.29 is 13.5 Å². The molecule has 0 atom stereocenters. The Kier molecular flexibility index (Phi) is 4.12. The fourth-order valence-corrected chi connectivity index (χ4v) is 1.74. The maximum atomic E-state index is 13.7. The van der Waals surface area contributed by atoms with E-state index in [1.807, 2.05) is 19.1 Å². The van der Waals surface area contributed by atoms with Crippen molar-refractivity contribution in [3.63, 3.8) is 0 Å². The van der Waals surface area contributed by atoms with Crippen LogP contribution in [0.25, 0.3) is 0 Å². The first-order valence-electron chi connectivity index (χ1n) is 6.08. The highest BCUT2D eigenvalue weighted by Gasteiger charge is 2.13. The zero-order valence-corrected chi connectivity index (χ0v) is 10.6. The van der Waals surface area contributed by atoms with Gasteiger partial charge in [-0.1, -0.05) is 19.1 Å². The average Bonchev–Trinajstić information content (AvgIpc) is 2.43. The van der Waals surface area contributed by atoms with Gasteiger partial charge in [0.25, 0.3) is 0 Å². The third-order valence-electron chi connectivity index (χ3n) is 2.85. The lowest BCUT2D eigenvalue weighted by Gasteiger charge is -2.09. The first-order chi connectivity index (χ1) is 9.13. The smallest absolute Gasteiger partial charge is 0.198 e. The highest BCUT2D eigenvalue weighted by atomic mass is 19.1. The second-order valence-electron chi connectivity index (χ2n) is 4.19. The second-order valence-corrected chi connectivity index (χ2v) is 4.19. The van der Waals surface area contributed by atoms with Gasteiger partial charge in [0.2, 0.25) is 0 Å². The summed E-state index contributed by atoms with van der Waals surface area (Å²) < 4.78 is 32.7. The third kappa shape index (κ3) is 3.09. The minimum Gasteiger partial charge on any atom is -0.451 e. The number of nitrogens with two attached hydrogens (primary N) is 1. The van der Waals surface area contributed by atoms with E-state index in [2.05, 4.69) is 0 Å². The molecule has 0 heterocycles. The van der Waals surface area contributed by atoms with E-state index >= 15 is 0 Å². The van der Waals surface area contributed by atoms with Crippen molar-refractivity contribution in [3.8, 4) is 11.5 Å². The summed E-state index contributed by atoms with van der Waals surface area (Å²) in [5.74, 6) is -1.50. The molecule has 0 fully saturated rings. The van der Waals surface area contributed by atoms with Gasteiger partial charge in [-0.15, -0.1) is 0 Å². The minimum atomic E-state index is -0.750. The third-order valence-corrected chi connectivity index (χ3v) is 2.85. The lowest BCUT2D eigenvalue weighted by Crippen LogP contribution is -2.00. The molecule has 2 nitrogen and oxygen atoms in total. The van der Waals surface area contributed by atoms with Crippen LogP contribution in [0.4, 0.5) is 8.78 Å². The Hall–Kier alpha value is -1.94. The molecule has 0 aliphatic carbocycles. The highest BCUT2D eigenvalue weighted by molar-refractivity contribution is 5.36. The molecule has 2 N–H and O–H groups in total. The van der Waals surface area contributed by atoms with Gasteiger partial charge in [0.05, 0.1) is 0 Å². The van der Waals surface area contributed by atoms with Crippen LogP contribution in [0.2, 0.25) is 0 Å². The van der Waals surface area contributed by atoms with E-state index in [0.29, 0.717) is 11.3 Å². The van der Waals surface area contributed by atoms with Crippen molar-refractivity contribution in [1.29, 1.82) is 0 Å². The molecule has 2 aromatic rings. The number of halogens is 2. The van der Waals surface area contributed by atoms with Gasteiger partial charge in [-0.05, 0) is 41.8 Å².